The highest BCUT2D eigenvalue weighted by Crippen LogP contribution is 2.37. The molecule has 0 radical (unpaired) electrons. The zero-order chi connectivity index (χ0) is 22.4. The molecule has 3 rings (SSSR count). The standard InChI is InChI=1S/C24H31NO5S/c1-6-29-21-11-18-9-15(2)30-22(18)12-19(21)14-31-16(3)24(26)25-13-17-7-8-20(27-4)23(10-17)28-5/h7-8,10-12,15-16H,6,9,13-14H2,1-5H3,(H,25,26)/t15-,16-/m1/s1. The first kappa shape index (κ1) is 23.1. The van der Waals surface area contributed by atoms with E-state index < -0.39 is 0 Å². The molecule has 0 unspecified atom stereocenters. The number of hydrogen-bond donors (Lipinski definition) is 1. The molecule has 0 bridgehead atoms. The normalized spacial score (nSPS) is 15.6. The molecule has 1 aliphatic heterocycles. The fourth-order valence-electron chi connectivity index (χ4n) is 3.50. The van der Waals surface area contributed by atoms with Gasteiger partial charge in [-0.2, -0.15) is 0 Å². The molecule has 0 spiro atoms. The Kier molecular flexibility index (Phi) is 7.96. The smallest absolute Gasteiger partial charge is 0.233 e. The molecule has 31 heavy (non-hydrogen) atoms. The molecule has 6 nitrogen and oxygen atoms in total. The lowest BCUT2D eigenvalue weighted by Gasteiger charge is -2.16. The summed E-state index contributed by atoms with van der Waals surface area (Å²) in [5, 5.41) is 2.79. The van der Waals surface area contributed by atoms with E-state index in [1.807, 2.05) is 32.0 Å². The largest absolute Gasteiger partial charge is 0.494 e. The lowest BCUT2D eigenvalue weighted by molar-refractivity contribution is -0.120. The van der Waals surface area contributed by atoms with Crippen molar-refractivity contribution in [3.63, 3.8) is 0 Å². The molecule has 168 valence electrons. The average molecular weight is 446 g/mol. The third kappa shape index (κ3) is 5.79. The Balaban J connectivity index is 1.57. The Morgan fingerprint density at radius 2 is 1.97 bits per heavy atom. The third-order valence-electron chi connectivity index (χ3n) is 5.15. The zero-order valence-electron chi connectivity index (χ0n) is 18.8. The first-order chi connectivity index (χ1) is 14.9. The Bertz CT molecular complexity index is 917. The van der Waals surface area contributed by atoms with Crippen LogP contribution in [0, 0.1) is 0 Å². The second-order valence-electron chi connectivity index (χ2n) is 7.49. The maximum atomic E-state index is 12.6. The molecule has 2 aromatic rings. The van der Waals surface area contributed by atoms with E-state index in [4.69, 9.17) is 18.9 Å². The van der Waals surface area contributed by atoms with E-state index in [-0.39, 0.29) is 17.3 Å². The number of carbonyl (C=O) groups is 1. The van der Waals surface area contributed by atoms with Crippen LogP contribution in [0.3, 0.4) is 0 Å². The average Bonchev–Trinajstić information content (AvgIpc) is 3.14. The van der Waals surface area contributed by atoms with Gasteiger partial charge in [-0.05, 0) is 50.6 Å². The molecule has 1 heterocycles. The van der Waals surface area contributed by atoms with E-state index in [9.17, 15) is 4.79 Å². The lowest BCUT2D eigenvalue weighted by Crippen LogP contribution is -2.30. The summed E-state index contributed by atoms with van der Waals surface area (Å²) in [4.78, 5) is 12.6. The predicted octanol–water partition coefficient (Wildman–Crippen LogP) is 4.36. The number of methoxy groups -OCH3 is 2. The Hall–Kier alpha value is -2.54. The van der Waals surface area contributed by atoms with Crippen molar-refractivity contribution in [1.29, 1.82) is 0 Å². The van der Waals surface area contributed by atoms with Crippen LogP contribution in [0.5, 0.6) is 23.0 Å². The summed E-state index contributed by atoms with van der Waals surface area (Å²) < 4.78 is 22.3. The molecule has 2 aromatic carbocycles. The maximum absolute atomic E-state index is 12.6. The summed E-state index contributed by atoms with van der Waals surface area (Å²) in [6.45, 7) is 7.00. The summed E-state index contributed by atoms with van der Waals surface area (Å²) in [5.41, 5.74) is 3.19. The van der Waals surface area contributed by atoms with Crippen molar-refractivity contribution in [3.8, 4) is 23.0 Å². The number of thioether (sulfide) groups is 1. The van der Waals surface area contributed by atoms with E-state index >= 15 is 0 Å². The van der Waals surface area contributed by atoms with Gasteiger partial charge in [-0.25, -0.2) is 0 Å². The SMILES string of the molecule is CCOc1cc2c(cc1CS[C@H](C)C(=O)NCc1ccc(OC)c(OC)c1)O[C@H](C)C2. The molecule has 1 amide bonds. The molecule has 1 aliphatic rings. The van der Waals surface area contributed by atoms with Crippen LogP contribution in [0.1, 0.15) is 37.5 Å². The van der Waals surface area contributed by atoms with Gasteiger partial charge >= 0.3 is 0 Å². The second-order valence-corrected chi connectivity index (χ2v) is 8.82. The van der Waals surface area contributed by atoms with Gasteiger partial charge in [0.15, 0.2) is 11.5 Å². The molecule has 0 fully saturated rings. The third-order valence-corrected chi connectivity index (χ3v) is 6.34. The van der Waals surface area contributed by atoms with Crippen molar-refractivity contribution < 1.29 is 23.7 Å². The van der Waals surface area contributed by atoms with Crippen LogP contribution in [0.4, 0.5) is 0 Å². The highest BCUT2D eigenvalue weighted by Gasteiger charge is 2.23. The number of rotatable bonds is 10. The van der Waals surface area contributed by atoms with Gasteiger partial charge < -0.3 is 24.3 Å². The molecule has 2 atom stereocenters. The molecule has 0 saturated carbocycles. The van der Waals surface area contributed by atoms with Crippen LogP contribution in [-0.2, 0) is 23.5 Å². The second kappa shape index (κ2) is 10.7. The van der Waals surface area contributed by atoms with Gasteiger partial charge in [-0.15, -0.1) is 11.8 Å². The van der Waals surface area contributed by atoms with Crippen LogP contribution < -0.4 is 24.3 Å². The Morgan fingerprint density at radius 1 is 1.19 bits per heavy atom. The van der Waals surface area contributed by atoms with Crippen molar-refractivity contribution in [2.24, 2.45) is 0 Å². The number of fused-ring (bicyclic) bond motifs is 1. The fourth-order valence-corrected chi connectivity index (χ4v) is 4.39. The van der Waals surface area contributed by atoms with Crippen LogP contribution in [0.15, 0.2) is 30.3 Å². The highest BCUT2D eigenvalue weighted by atomic mass is 32.2. The zero-order valence-corrected chi connectivity index (χ0v) is 19.6. The van der Waals surface area contributed by atoms with Gasteiger partial charge in [0.25, 0.3) is 0 Å². The first-order valence-corrected chi connectivity index (χ1v) is 11.6. The van der Waals surface area contributed by atoms with Gasteiger partial charge in [0.05, 0.1) is 26.1 Å². The minimum absolute atomic E-state index is 0.0104. The van der Waals surface area contributed by atoms with Crippen LogP contribution in [0.25, 0.3) is 0 Å². The molecule has 0 aromatic heterocycles. The molecular weight excluding hydrogens is 414 g/mol. The number of amides is 1. The summed E-state index contributed by atoms with van der Waals surface area (Å²) in [5.74, 6) is 3.78. The number of hydrogen-bond acceptors (Lipinski definition) is 6. The summed E-state index contributed by atoms with van der Waals surface area (Å²) in [6.07, 6.45) is 1.09. The van der Waals surface area contributed by atoms with Crippen LogP contribution in [0.2, 0.25) is 0 Å². The Labute approximate surface area is 188 Å². The topological polar surface area (TPSA) is 66.0 Å². The number of benzene rings is 2. The van der Waals surface area contributed by atoms with E-state index in [1.165, 1.54) is 5.56 Å². The van der Waals surface area contributed by atoms with Crippen LogP contribution in [-0.4, -0.2) is 38.1 Å². The van der Waals surface area contributed by atoms with Crippen molar-refractivity contribution in [2.45, 2.75) is 50.8 Å². The van der Waals surface area contributed by atoms with E-state index in [1.54, 1.807) is 26.0 Å². The first-order valence-electron chi connectivity index (χ1n) is 10.5. The quantitative estimate of drug-likeness (QED) is 0.586. The van der Waals surface area contributed by atoms with Crippen molar-refractivity contribution in [1.82, 2.24) is 5.32 Å². The summed E-state index contributed by atoms with van der Waals surface area (Å²) >= 11 is 1.58. The van der Waals surface area contributed by atoms with E-state index in [0.29, 0.717) is 30.4 Å². The van der Waals surface area contributed by atoms with Gasteiger partial charge in [0.1, 0.15) is 17.6 Å². The summed E-state index contributed by atoms with van der Waals surface area (Å²) in [7, 11) is 3.20. The highest BCUT2D eigenvalue weighted by molar-refractivity contribution is 7.99. The van der Waals surface area contributed by atoms with Gasteiger partial charge in [0.2, 0.25) is 5.91 Å². The van der Waals surface area contributed by atoms with Crippen LogP contribution >= 0.6 is 11.8 Å². The fraction of sp³-hybridized carbons (Fsp3) is 0.458. The molecular formula is C24H31NO5S. The minimum atomic E-state index is -0.206. The Morgan fingerprint density at radius 3 is 2.68 bits per heavy atom. The monoisotopic (exact) mass is 445 g/mol. The summed E-state index contributed by atoms with van der Waals surface area (Å²) in [6, 6.07) is 9.77. The molecule has 0 saturated heterocycles. The maximum Gasteiger partial charge on any atom is 0.233 e. The van der Waals surface area contributed by atoms with Gasteiger partial charge in [-0.1, -0.05) is 6.07 Å². The van der Waals surface area contributed by atoms with Crippen molar-refractivity contribution >= 4 is 17.7 Å². The van der Waals surface area contributed by atoms with Gasteiger partial charge in [-0.3, -0.25) is 4.79 Å². The van der Waals surface area contributed by atoms with Crippen molar-refractivity contribution in [3.05, 3.63) is 47.0 Å². The minimum Gasteiger partial charge on any atom is -0.494 e. The van der Waals surface area contributed by atoms with Crippen molar-refractivity contribution in [2.75, 3.05) is 20.8 Å². The molecule has 1 N–H and O–H groups in total. The van der Waals surface area contributed by atoms with E-state index in [0.717, 1.165) is 29.0 Å². The molecule has 7 heteroatoms. The molecule has 0 aliphatic carbocycles. The number of carbonyl (C=O) groups excluding carboxylic acids is 1. The number of ether oxygens (including phenoxy) is 4. The predicted molar refractivity (Wildman–Crippen MR) is 124 cm³/mol. The van der Waals surface area contributed by atoms with Gasteiger partial charge in [0, 0.05) is 29.8 Å². The lowest BCUT2D eigenvalue weighted by atomic mass is 10.1. The van der Waals surface area contributed by atoms with E-state index in [2.05, 4.69) is 24.4 Å². The number of nitrogens with one attached hydrogen (secondary N) is 1.